The number of methoxy groups -OCH3 is 1. The molecule has 2 unspecified atom stereocenters. The molecule has 3 aliphatic rings. The second-order valence-electron chi connectivity index (χ2n) is 8.92. The Bertz CT molecular complexity index is 1640. The maximum absolute atomic E-state index is 12.8. The van der Waals surface area contributed by atoms with Gasteiger partial charge in [-0.2, -0.15) is 0 Å². The molecule has 184 valence electrons. The van der Waals surface area contributed by atoms with Crippen LogP contribution in [-0.2, 0) is 11.2 Å². The minimum Gasteiger partial charge on any atom is -0.507 e. The van der Waals surface area contributed by atoms with Gasteiger partial charge in [0, 0.05) is 17.2 Å². The molecule has 3 heterocycles. The topological polar surface area (TPSA) is 173 Å². The number of carbonyl (C=O) groups is 2. The Balaban J connectivity index is 1.49. The first-order valence-corrected chi connectivity index (χ1v) is 10.9. The van der Waals surface area contributed by atoms with Crippen molar-refractivity contribution in [3.05, 3.63) is 62.4 Å². The van der Waals surface area contributed by atoms with Gasteiger partial charge in [0.15, 0.2) is 34.5 Å². The third-order valence-corrected chi connectivity index (χ3v) is 6.69. The summed E-state index contributed by atoms with van der Waals surface area (Å²) in [5.41, 5.74) is -1.52. The van der Waals surface area contributed by atoms with Crippen molar-refractivity contribution in [3.63, 3.8) is 0 Å². The van der Waals surface area contributed by atoms with Gasteiger partial charge in [0.2, 0.25) is 5.78 Å². The molecule has 11 heteroatoms. The second kappa shape index (κ2) is 7.01. The van der Waals surface area contributed by atoms with Crippen LogP contribution in [0.2, 0.25) is 0 Å². The number of phenolic OH excluding ortho intramolecular Hbond substituents is 3. The van der Waals surface area contributed by atoms with Crippen molar-refractivity contribution >= 4 is 22.3 Å². The van der Waals surface area contributed by atoms with Crippen molar-refractivity contribution in [1.29, 1.82) is 0 Å². The lowest BCUT2D eigenvalue weighted by atomic mass is 9.87. The van der Waals surface area contributed by atoms with E-state index < -0.39 is 57.5 Å². The number of fused-ring (bicyclic) bond motifs is 4. The number of ether oxygens (including phenoxy) is 3. The van der Waals surface area contributed by atoms with E-state index >= 15 is 0 Å². The van der Waals surface area contributed by atoms with Crippen molar-refractivity contribution in [1.82, 2.24) is 0 Å². The van der Waals surface area contributed by atoms with Gasteiger partial charge in [-0.3, -0.25) is 9.59 Å². The third-order valence-electron chi connectivity index (χ3n) is 6.69. The highest BCUT2D eigenvalue weighted by Crippen LogP contribution is 2.56. The second-order valence-corrected chi connectivity index (χ2v) is 8.92. The maximum atomic E-state index is 12.8. The lowest BCUT2D eigenvalue weighted by molar-refractivity contribution is -0.139. The molecule has 1 aliphatic carbocycles. The lowest BCUT2D eigenvalue weighted by Crippen LogP contribution is -2.45. The van der Waals surface area contributed by atoms with E-state index in [4.69, 9.17) is 18.6 Å². The van der Waals surface area contributed by atoms with Gasteiger partial charge in [-0.05, 0) is 24.4 Å². The van der Waals surface area contributed by atoms with E-state index in [0.717, 1.165) is 6.08 Å². The Labute approximate surface area is 201 Å². The fraction of sp³-hybridized carbons (Fsp3) is 0.240. The minimum atomic E-state index is -1.74. The van der Waals surface area contributed by atoms with Crippen LogP contribution >= 0.6 is 0 Å². The van der Waals surface area contributed by atoms with Crippen LogP contribution in [0.3, 0.4) is 0 Å². The first kappa shape index (κ1) is 22.0. The molecule has 36 heavy (non-hydrogen) atoms. The Morgan fingerprint density at radius 1 is 1.00 bits per heavy atom. The summed E-state index contributed by atoms with van der Waals surface area (Å²) in [6, 6.07) is 3.03. The largest absolute Gasteiger partial charge is 0.507 e. The molecule has 1 spiro atoms. The van der Waals surface area contributed by atoms with Crippen molar-refractivity contribution in [2.75, 3.05) is 7.11 Å². The number of benzene rings is 2. The van der Waals surface area contributed by atoms with E-state index in [1.807, 2.05) is 0 Å². The molecule has 0 radical (unpaired) electrons. The summed E-state index contributed by atoms with van der Waals surface area (Å²) in [6.45, 7) is 1.57. The lowest BCUT2D eigenvalue weighted by Gasteiger charge is -2.37. The molecule has 11 nitrogen and oxygen atoms in total. The molecular weight excluding hydrogens is 476 g/mol. The first-order valence-electron chi connectivity index (χ1n) is 10.9. The summed E-state index contributed by atoms with van der Waals surface area (Å²) >= 11 is 0. The van der Waals surface area contributed by atoms with Crippen molar-refractivity contribution in [2.45, 2.75) is 31.7 Å². The summed E-state index contributed by atoms with van der Waals surface area (Å²) in [7, 11) is 1.19. The Morgan fingerprint density at radius 2 is 1.72 bits per heavy atom. The van der Waals surface area contributed by atoms with E-state index in [-0.39, 0.29) is 46.6 Å². The molecule has 0 amide bonds. The number of hydrogen-bond acceptors (Lipinski definition) is 11. The average Bonchev–Trinajstić information content (AvgIpc) is 3.18. The standard InChI is InChI=1S/C25H18O11/c1-8-3-9-4-10-13(27)7-25(35-22(10)20(30)15(9)24(32)34-8)6-11-18(28)16-12(26)5-14(33-2)19(29)17(16)21(31)23(11)36-25/h3-5,13,27-28,30-31H,6-7H2,1-2H3. The van der Waals surface area contributed by atoms with Crippen LogP contribution in [0.5, 0.6) is 28.7 Å². The highest BCUT2D eigenvalue weighted by Gasteiger charge is 2.52. The van der Waals surface area contributed by atoms with Crippen molar-refractivity contribution in [2.24, 2.45) is 0 Å². The molecule has 0 fully saturated rings. The molecule has 2 aliphatic heterocycles. The average molecular weight is 494 g/mol. The van der Waals surface area contributed by atoms with Crippen molar-refractivity contribution < 1.29 is 48.6 Å². The molecule has 2 aromatic carbocycles. The van der Waals surface area contributed by atoms with Crippen LogP contribution in [-0.4, -0.2) is 44.9 Å². The number of aliphatic hydroxyl groups excluding tert-OH is 1. The van der Waals surface area contributed by atoms with Crippen LogP contribution in [0.25, 0.3) is 10.8 Å². The molecular formula is C25H18O11. The van der Waals surface area contributed by atoms with Gasteiger partial charge in [0.05, 0.1) is 37.2 Å². The first-order chi connectivity index (χ1) is 17.0. The van der Waals surface area contributed by atoms with Gasteiger partial charge < -0.3 is 39.1 Å². The zero-order valence-corrected chi connectivity index (χ0v) is 18.9. The van der Waals surface area contributed by atoms with Gasteiger partial charge in [0.25, 0.3) is 5.79 Å². The molecule has 3 aromatic rings. The molecule has 6 rings (SSSR count). The van der Waals surface area contributed by atoms with Crippen molar-refractivity contribution in [3.8, 4) is 28.7 Å². The molecule has 0 saturated carbocycles. The minimum absolute atomic E-state index is 0.0206. The highest BCUT2D eigenvalue weighted by molar-refractivity contribution is 6.26. The number of phenols is 3. The third kappa shape index (κ3) is 2.74. The number of carbonyl (C=O) groups excluding carboxylic acids is 2. The predicted molar refractivity (Wildman–Crippen MR) is 120 cm³/mol. The number of allylic oxidation sites excluding steroid dienone is 2. The summed E-state index contributed by atoms with van der Waals surface area (Å²) < 4.78 is 21.8. The van der Waals surface area contributed by atoms with Crippen LogP contribution < -0.4 is 15.1 Å². The molecule has 1 aromatic heterocycles. The smallest absolute Gasteiger partial charge is 0.347 e. The number of aliphatic hydroxyl groups is 1. The van der Waals surface area contributed by atoms with E-state index in [1.54, 1.807) is 6.92 Å². The molecule has 4 N–H and O–H groups in total. The fourth-order valence-electron chi connectivity index (χ4n) is 5.13. The summed E-state index contributed by atoms with van der Waals surface area (Å²) in [4.78, 5) is 37.8. The van der Waals surface area contributed by atoms with Gasteiger partial charge in [0.1, 0.15) is 16.9 Å². The Morgan fingerprint density at radius 3 is 2.44 bits per heavy atom. The Kier molecular flexibility index (Phi) is 4.28. The summed E-state index contributed by atoms with van der Waals surface area (Å²) in [5, 5.41) is 43.8. The zero-order valence-electron chi connectivity index (χ0n) is 18.9. The quantitative estimate of drug-likeness (QED) is 0.366. The molecule has 2 atom stereocenters. The molecule has 0 bridgehead atoms. The summed E-state index contributed by atoms with van der Waals surface area (Å²) in [5.74, 6) is -5.71. The predicted octanol–water partition coefficient (Wildman–Crippen LogP) is 2.27. The zero-order chi connectivity index (χ0) is 25.7. The summed E-state index contributed by atoms with van der Waals surface area (Å²) in [6.07, 6.45) is -0.786. The van der Waals surface area contributed by atoms with Gasteiger partial charge in [-0.25, -0.2) is 4.79 Å². The SMILES string of the molecule is COC1=CC(=O)c2c(O)c3c(c(O)c2C1=O)OC1(C3)CC(O)c2cc3cc(C)oc(=O)c3c(O)c2O1. The van der Waals surface area contributed by atoms with E-state index in [9.17, 15) is 34.8 Å². The maximum Gasteiger partial charge on any atom is 0.347 e. The van der Waals surface area contributed by atoms with Crippen LogP contribution in [0, 0.1) is 6.92 Å². The van der Waals surface area contributed by atoms with Gasteiger partial charge in [-0.15, -0.1) is 0 Å². The normalized spacial score (nSPS) is 22.0. The monoisotopic (exact) mass is 494 g/mol. The van der Waals surface area contributed by atoms with Gasteiger partial charge >= 0.3 is 5.63 Å². The number of ketones is 2. The van der Waals surface area contributed by atoms with E-state index in [2.05, 4.69) is 0 Å². The van der Waals surface area contributed by atoms with Crippen LogP contribution in [0.1, 0.15) is 50.1 Å². The van der Waals surface area contributed by atoms with Crippen LogP contribution in [0.15, 0.2) is 33.2 Å². The number of aryl methyl sites for hydroxylation is 1. The molecule has 0 saturated heterocycles. The number of aromatic hydroxyl groups is 3. The number of rotatable bonds is 1. The fourth-order valence-corrected chi connectivity index (χ4v) is 5.13. The van der Waals surface area contributed by atoms with E-state index in [0.29, 0.717) is 11.1 Å². The Hall–Kier alpha value is -4.51. The highest BCUT2D eigenvalue weighted by atomic mass is 16.7. The number of Topliss-reactive ketones (excluding diaryl/α,β-unsaturated/α-hetero) is 1. The van der Waals surface area contributed by atoms with Crippen LogP contribution in [0.4, 0.5) is 0 Å². The number of hydrogen-bond donors (Lipinski definition) is 4. The van der Waals surface area contributed by atoms with E-state index in [1.165, 1.54) is 19.2 Å². The van der Waals surface area contributed by atoms with Gasteiger partial charge in [-0.1, -0.05) is 0 Å².